The minimum absolute atomic E-state index is 0.0164. The van der Waals surface area contributed by atoms with Crippen molar-refractivity contribution in [2.24, 2.45) is 5.41 Å². The van der Waals surface area contributed by atoms with Gasteiger partial charge in [0, 0.05) is 13.5 Å². The number of rotatable bonds is 1. The molecular formula is C13H25NO2. The quantitative estimate of drug-likeness (QED) is 0.690. The van der Waals surface area contributed by atoms with Gasteiger partial charge in [-0.15, -0.1) is 0 Å². The Hall–Kier alpha value is -0.860. The van der Waals surface area contributed by atoms with Crippen LogP contribution in [0.25, 0.3) is 0 Å². The Morgan fingerprint density at radius 2 is 1.56 bits per heavy atom. The highest BCUT2D eigenvalue weighted by Crippen LogP contribution is 2.17. The van der Waals surface area contributed by atoms with Crippen LogP contribution >= 0.6 is 0 Å². The summed E-state index contributed by atoms with van der Waals surface area (Å²) in [5.74, 6) is 0.125. The van der Waals surface area contributed by atoms with Crippen molar-refractivity contribution in [2.75, 3.05) is 6.54 Å². The third-order valence-corrected chi connectivity index (χ3v) is 2.13. The van der Waals surface area contributed by atoms with Crippen LogP contribution in [-0.4, -0.2) is 29.2 Å². The second-order valence-electron chi connectivity index (χ2n) is 5.98. The maximum atomic E-state index is 11.0. The summed E-state index contributed by atoms with van der Waals surface area (Å²) in [5.41, 5.74) is 0.500. The molecule has 0 N–H and O–H groups in total. The molecule has 0 bridgehead atoms. The highest BCUT2D eigenvalue weighted by molar-refractivity contribution is 5.87. The first-order chi connectivity index (χ1) is 7.13. The minimum Gasteiger partial charge on any atom is -0.333 e. The van der Waals surface area contributed by atoms with Crippen molar-refractivity contribution < 1.29 is 9.59 Å². The molecule has 16 heavy (non-hydrogen) atoms. The molecule has 0 aromatic rings. The van der Waals surface area contributed by atoms with Gasteiger partial charge in [0.05, 0.1) is 6.04 Å². The molecule has 1 aliphatic rings. The standard InChI is InChI=1S/C8H13NO2.C5H12/c1-6(10)8-4-3-5-9(8)7(2)11;1-5(2,3)4/h8H,3-5H2,1-2H3;1-4H3. The van der Waals surface area contributed by atoms with Gasteiger partial charge in [-0.25, -0.2) is 0 Å². The second-order valence-corrected chi connectivity index (χ2v) is 5.98. The topological polar surface area (TPSA) is 37.4 Å². The molecule has 1 unspecified atom stereocenters. The van der Waals surface area contributed by atoms with E-state index in [0.29, 0.717) is 5.41 Å². The predicted octanol–water partition coefficient (Wildman–Crippen LogP) is 2.64. The van der Waals surface area contributed by atoms with Crippen LogP contribution < -0.4 is 0 Å². The van der Waals surface area contributed by atoms with Crippen LogP contribution in [0.5, 0.6) is 0 Å². The number of hydrogen-bond acceptors (Lipinski definition) is 2. The Morgan fingerprint density at radius 3 is 1.81 bits per heavy atom. The molecule has 3 heteroatoms. The van der Waals surface area contributed by atoms with E-state index in [1.807, 2.05) is 0 Å². The normalized spacial score (nSPS) is 20.1. The summed E-state index contributed by atoms with van der Waals surface area (Å²) in [4.78, 5) is 23.6. The van der Waals surface area contributed by atoms with Gasteiger partial charge < -0.3 is 4.90 Å². The average molecular weight is 227 g/mol. The Labute approximate surface area is 99.2 Å². The van der Waals surface area contributed by atoms with Crippen molar-refractivity contribution in [2.45, 2.75) is 60.4 Å². The molecule has 0 aromatic carbocycles. The van der Waals surface area contributed by atoms with Gasteiger partial charge in [-0.05, 0) is 25.2 Å². The lowest BCUT2D eigenvalue weighted by atomic mass is 10.0. The van der Waals surface area contributed by atoms with Gasteiger partial charge >= 0.3 is 0 Å². The van der Waals surface area contributed by atoms with E-state index in [0.717, 1.165) is 19.4 Å². The molecule has 94 valence electrons. The van der Waals surface area contributed by atoms with E-state index >= 15 is 0 Å². The highest BCUT2D eigenvalue weighted by Gasteiger charge is 2.29. The Balaban J connectivity index is 0.000000385. The number of ketones is 1. The lowest BCUT2D eigenvalue weighted by molar-refractivity contribution is -0.135. The fraction of sp³-hybridized carbons (Fsp3) is 0.846. The molecule has 1 saturated heterocycles. The molecule has 1 fully saturated rings. The summed E-state index contributed by atoms with van der Waals surface area (Å²) in [6, 6.07) is -0.132. The van der Waals surface area contributed by atoms with Crippen LogP contribution in [0.2, 0.25) is 0 Å². The van der Waals surface area contributed by atoms with Gasteiger partial charge in [0.1, 0.15) is 0 Å². The fourth-order valence-electron chi connectivity index (χ4n) is 1.57. The summed E-state index contributed by atoms with van der Waals surface area (Å²) in [6.07, 6.45) is 1.80. The summed E-state index contributed by atoms with van der Waals surface area (Å²) >= 11 is 0. The van der Waals surface area contributed by atoms with Gasteiger partial charge in [-0.1, -0.05) is 27.7 Å². The number of amides is 1. The van der Waals surface area contributed by atoms with E-state index < -0.39 is 0 Å². The summed E-state index contributed by atoms with van der Waals surface area (Å²) in [5, 5.41) is 0. The molecule has 0 aliphatic carbocycles. The Bertz CT molecular complexity index is 227. The Kier molecular flexibility index (Phi) is 5.70. The van der Waals surface area contributed by atoms with Gasteiger partial charge in [-0.2, -0.15) is 0 Å². The first kappa shape index (κ1) is 15.1. The van der Waals surface area contributed by atoms with Crippen molar-refractivity contribution in [3.05, 3.63) is 0 Å². The lowest BCUT2D eigenvalue weighted by Crippen LogP contribution is -2.37. The SMILES string of the molecule is CC(=O)C1CCCN1C(C)=O.CC(C)(C)C. The zero-order valence-corrected chi connectivity index (χ0v) is 11.5. The van der Waals surface area contributed by atoms with Gasteiger partial charge in [0.2, 0.25) is 5.91 Å². The number of carbonyl (C=O) groups excluding carboxylic acids is 2. The molecule has 0 radical (unpaired) electrons. The monoisotopic (exact) mass is 227 g/mol. The van der Waals surface area contributed by atoms with Crippen molar-refractivity contribution in [1.29, 1.82) is 0 Å². The van der Waals surface area contributed by atoms with Gasteiger partial charge in [0.25, 0.3) is 0 Å². The average Bonchev–Trinajstić information content (AvgIpc) is 2.47. The van der Waals surface area contributed by atoms with Gasteiger partial charge in [0.15, 0.2) is 5.78 Å². The van der Waals surface area contributed by atoms with Crippen LogP contribution in [0.4, 0.5) is 0 Å². The smallest absolute Gasteiger partial charge is 0.220 e. The second kappa shape index (κ2) is 6.02. The molecule has 0 spiro atoms. The first-order valence-electron chi connectivity index (χ1n) is 5.90. The summed E-state index contributed by atoms with van der Waals surface area (Å²) in [7, 11) is 0. The number of hydrogen-bond donors (Lipinski definition) is 0. The van der Waals surface area contributed by atoms with Crippen molar-refractivity contribution in [1.82, 2.24) is 4.90 Å². The van der Waals surface area contributed by atoms with Gasteiger partial charge in [-0.3, -0.25) is 9.59 Å². The maximum Gasteiger partial charge on any atom is 0.220 e. The molecule has 0 aromatic heterocycles. The van der Waals surface area contributed by atoms with Crippen LogP contribution in [0.3, 0.4) is 0 Å². The third-order valence-electron chi connectivity index (χ3n) is 2.13. The van der Waals surface area contributed by atoms with E-state index in [9.17, 15) is 9.59 Å². The minimum atomic E-state index is -0.132. The molecular weight excluding hydrogens is 202 g/mol. The molecule has 1 aliphatic heterocycles. The number of Topliss-reactive ketones (excluding diaryl/α,β-unsaturated/α-hetero) is 1. The number of nitrogens with zero attached hydrogens (tertiary/aromatic N) is 1. The maximum absolute atomic E-state index is 11.0. The molecule has 1 amide bonds. The molecule has 1 rings (SSSR count). The van der Waals surface area contributed by atoms with E-state index in [1.165, 1.54) is 6.92 Å². The number of carbonyl (C=O) groups is 2. The van der Waals surface area contributed by atoms with Crippen molar-refractivity contribution >= 4 is 11.7 Å². The largest absolute Gasteiger partial charge is 0.333 e. The van der Waals surface area contributed by atoms with Crippen molar-refractivity contribution in [3.8, 4) is 0 Å². The first-order valence-corrected chi connectivity index (χ1v) is 5.90. The Morgan fingerprint density at radius 1 is 1.12 bits per heavy atom. The summed E-state index contributed by atoms with van der Waals surface area (Å²) in [6.45, 7) is 12.6. The van der Waals surface area contributed by atoms with Crippen molar-refractivity contribution in [3.63, 3.8) is 0 Å². The van der Waals surface area contributed by atoms with E-state index in [-0.39, 0.29) is 17.7 Å². The molecule has 0 saturated carbocycles. The van der Waals surface area contributed by atoms with Crippen LogP contribution in [0.15, 0.2) is 0 Å². The zero-order chi connectivity index (χ0) is 12.9. The van der Waals surface area contributed by atoms with E-state index in [1.54, 1.807) is 11.8 Å². The van der Waals surface area contributed by atoms with Crippen LogP contribution in [0, 0.1) is 5.41 Å². The zero-order valence-electron chi connectivity index (χ0n) is 11.5. The molecule has 3 nitrogen and oxygen atoms in total. The fourth-order valence-corrected chi connectivity index (χ4v) is 1.57. The number of likely N-dealkylation sites (tertiary alicyclic amines) is 1. The molecule has 1 atom stereocenters. The van der Waals surface area contributed by atoms with Crippen LogP contribution in [-0.2, 0) is 9.59 Å². The molecule has 1 heterocycles. The summed E-state index contributed by atoms with van der Waals surface area (Å²) < 4.78 is 0. The lowest BCUT2D eigenvalue weighted by Gasteiger charge is -2.20. The van der Waals surface area contributed by atoms with E-state index in [4.69, 9.17) is 0 Å². The third kappa shape index (κ3) is 6.59. The highest BCUT2D eigenvalue weighted by atomic mass is 16.2. The van der Waals surface area contributed by atoms with Crippen LogP contribution in [0.1, 0.15) is 54.4 Å². The predicted molar refractivity (Wildman–Crippen MR) is 66.2 cm³/mol. The van der Waals surface area contributed by atoms with E-state index in [2.05, 4.69) is 27.7 Å².